The van der Waals surface area contributed by atoms with Gasteiger partial charge in [0.05, 0.1) is 5.92 Å². The normalized spacial score (nSPS) is 21.0. The average Bonchev–Trinajstić information content (AvgIpc) is 3.07. The highest BCUT2D eigenvalue weighted by Gasteiger charge is 2.56. The number of para-hydroxylation sites is 1. The zero-order valence-corrected chi connectivity index (χ0v) is 14.4. The number of pyridine rings is 1. The summed E-state index contributed by atoms with van der Waals surface area (Å²) < 4.78 is 0. The van der Waals surface area contributed by atoms with Crippen molar-refractivity contribution in [2.75, 3.05) is 17.2 Å². The monoisotopic (exact) mass is 366 g/mol. The molecule has 8 heteroatoms. The van der Waals surface area contributed by atoms with Crippen molar-refractivity contribution in [1.29, 1.82) is 0 Å². The lowest BCUT2D eigenvalue weighted by atomic mass is 9.82. The van der Waals surface area contributed by atoms with Gasteiger partial charge in [-0.25, -0.2) is 19.5 Å². The number of nitrogens with zero attached hydrogens (tertiary/aromatic N) is 3. The fourth-order valence-electron chi connectivity index (χ4n) is 3.79. The Labute approximate surface area is 155 Å². The van der Waals surface area contributed by atoms with Gasteiger partial charge in [-0.05, 0) is 42.2 Å². The fourth-order valence-corrected chi connectivity index (χ4v) is 3.79. The van der Waals surface area contributed by atoms with E-state index in [4.69, 9.17) is 5.73 Å². The summed E-state index contributed by atoms with van der Waals surface area (Å²) in [5, 5.41) is 9.61. The number of urea groups is 1. The average molecular weight is 366 g/mol. The van der Waals surface area contributed by atoms with Gasteiger partial charge >= 0.3 is 12.0 Å². The van der Waals surface area contributed by atoms with Crippen LogP contribution in [0.5, 0.6) is 0 Å². The highest BCUT2D eigenvalue weighted by Crippen LogP contribution is 2.35. The van der Waals surface area contributed by atoms with Gasteiger partial charge in [-0.2, -0.15) is 0 Å². The third-order valence-electron chi connectivity index (χ3n) is 5.09. The molecule has 1 fully saturated rings. The largest absolute Gasteiger partial charge is 0.480 e. The first kappa shape index (κ1) is 17.0. The van der Waals surface area contributed by atoms with Gasteiger partial charge in [-0.3, -0.25) is 9.69 Å². The standard InChI is InChI=1S/C19H18N4O4/c20-15-10-11(5-7-21-15)9-13-16(18(25)26)23(17(13)24)19(27)22-8-6-12-3-1-2-4-14(12)22/h1-5,7,10,13,16H,6,8-9H2,(H2,20,21)(H,25,26)/t13-,16+/m1/s1. The SMILES string of the molecule is Nc1cc(C[C@H]2C(=O)N(C(=O)N3CCc4ccccc43)[C@@H]2C(=O)O)ccn1. The molecule has 1 saturated heterocycles. The smallest absolute Gasteiger partial charge is 0.332 e. The summed E-state index contributed by atoms with van der Waals surface area (Å²) in [5.41, 5.74) is 8.09. The maximum Gasteiger partial charge on any atom is 0.332 e. The van der Waals surface area contributed by atoms with Crippen LogP contribution in [0, 0.1) is 5.92 Å². The summed E-state index contributed by atoms with van der Waals surface area (Å²) in [6, 6.07) is 8.95. The molecule has 2 aliphatic heterocycles. The van der Waals surface area contributed by atoms with Gasteiger partial charge in [-0.15, -0.1) is 0 Å². The van der Waals surface area contributed by atoms with E-state index in [0.29, 0.717) is 24.3 Å². The molecule has 2 aliphatic rings. The van der Waals surface area contributed by atoms with Crippen molar-refractivity contribution in [3.63, 3.8) is 0 Å². The summed E-state index contributed by atoms with van der Waals surface area (Å²) in [6.07, 6.45) is 2.39. The number of carbonyl (C=O) groups excluding carboxylic acids is 2. The Balaban J connectivity index is 1.56. The van der Waals surface area contributed by atoms with Crippen molar-refractivity contribution in [2.24, 2.45) is 5.92 Å². The van der Waals surface area contributed by atoms with Crippen molar-refractivity contribution >= 4 is 29.4 Å². The molecule has 4 rings (SSSR count). The minimum Gasteiger partial charge on any atom is -0.480 e. The third kappa shape index (κ3) is 2.79. The summed E-state index contributed by atoms with van der Waals surface area (Å²) in [7, 11) is 0. The topological polar surface area (TPSA) is 117 Å². The van der Waals surface area contributed by atoms with Gasteiger partial charge in [0.25, 0.3) is 0 Å². The van der Waals surface area contributed by atoms with E-state index in [1.54, 1.807) is 18.2 Å². The number of carboxylic acid groups (broad SMARTS) is 1. The van der Waals surface area contributed by atoms with Gasteiger partial charge in [0.1, 0.15) is 5.82 Å². The lowest BCUT2D eigenvalue weighted by Gasteiger charge is -2.44. The van der Waals surface area contributed by atoms with E-state index in [2.05, 4.69) is 4.98 Å². The summed E-state index contributed by atoms with van der Waals surface area (Å²) in [5.74, 6) is -2.17. The van der Waals surface area contributed by atoms with Gasteiger partial charge < -0.3 is 10.8 Å². The van der Waals surface area contributed by atoms with Crippen LogP contribution < -0.4 is 10.6 Å². The lowest BCUT2D eigenvalue weighted by molar-refractivity contribution is -0.165. The van der Waals surface area contributed by atoms with Crippen LogP contribution in [0.2, 0.25) is 0 Å². The second-order valence-electron chi connectivity index (χ2n) is 6.70. The Morgan fingerprint density at radius 3 is 2.78 bits per heavy atom. The molecule has 27 heavy (non-hydrogen) atoms. The Morgan fingerprint density at radius 1 is 1.26 bits per heavy atom. The summed E-state index contributed by atoms with van der Waals surface area (Å²) in [6.45, 7) is 0.430. The molecule has 0 spiro atoms. The maximum atomic E-state index is 12.9. The molecule has 3 amide bonds. The Bertz CT molecular complexity index is 945. The number of aromatic nitrogens is 1. The zero-order valence-electron chi connectivity index (χ0n) is 14.4. The van der Waals surface area contributed by atoms with Crippen LogP contribution in [0.15, 0.2) is 42.6 Å². The number of carboxylic acids is 1. The number of nitrogen functional groups attached to an aromatic ring is 1. The second kappa shape index (κ2) is 6.39. The molecule has 3 heterocycles. The van der Waals surface area contributed by atoms with Crippen molar-refractivity contribution in [1.82, 2.24) is 9.88 Å². The van der Waals surface area contributed by atoms with E-state index < -0.39 is 29.9 Å². The van der Waals surface area contributed by atoms with Crippen LogP contribution in [0.1, 0.15) is 11.1 Å². The predicted octanol–water partition coefficient (Wildman–Crippen LogP) is 1.30. The molecule has 1 aromatic heterocycles. The number of rotatable bonds is 3. The number of imide groups is 1. The summed E-state index contributed by atoms with van der Waals surface area (Å²) in [4.78, 5) is 43.5. The number of hydrogen-bond donors (Lipinski definition) is 2. The fraction of sp³-hybridized carbons (Fsp3) is 0.263. The van der Waals surface area contributed by atoms with E-state index in [0.717, 1.165) is 16.2 Å². The van der Waals surface area contributed by atoms with Gasteiger partial charge in [0.2, 0.25) is 5.91 Å². The second-order valence-corrected chi connectivity index (χ2v) is 6.70. The van der Waals surface area contributed by atoms with E-state index in [1.165, 1.54) is 11.1 Å². The molecule has 0 aliphatic carbocycles. The molecule has 0 radical (unpaired) electrons. The summed E-state index contributed by atoms with van der Waals surface area (Å²) >= 11 is 0. The van der Waals surface area contributed by atoms with Gasteiger partial charge in [0, 0.05) is 18.4 Å². The van der Waals surface area contributed by atoms with E-state index in [-0.39, 0.29) is 6.42 Å². The lowest BCUT2D eigenvalue weighted by Crippen LogP contribution is -2.69. The molecule has 0 bridgehead atoms. The molecule has 0 unspecified atom stereocenters. The molecule has 3 N–H and O–H groups in total. The van der Waals surface area contributed by atoms with E-state index in [1.807, 2.05) is 18.2 Å². The zero-order chi connectivity index (χ0) is 19.1. The van der Waals surface area contributed by atoms with Crippen LogP contribution in [-0.4, -0.2) is 45.5 Å². The van der Waals surface area contributed by atoms with Crippen LogP contribution in [-0.2, 0) is 22.4 Å². The number of carbonyl (C=O) groups is 3. The van der Waals surface area contributed by atoms with E-state index in [9.17, 15) is 19.5 Å². The Kier molecular flexibility index (Phi) is 4.02. The van der Waals surface area contributed by atoms with Gasteiger partial charge in [-0.1, -0.05) is 18.2 Å². The Morgan fingerprint density at radius 2 is 2.04 bits per heavy atom. The van der Waals surface area contributed by atoms with Gasteiger partial charge in [0.15, 0.2) is 6.04 Å². The number of nitrogens with two attached hydrogens (primary N) is 1. The van der Waals surface area contributed by atoms with Crippen molar-refractivity contribution in [3.05, 3.63) is 53.7 Å². The molecule has 8 nitrogen and oxygen atoms in total. The maximum absolute atomic E-state index is 12.9. The van der Waals surface area contributed by atoms with Crippen molar-refractivity contribution < 1.29 is 19.5 Å². The number of hydrogen-bond acceptors (Lipinski definition) is 5. The highest BCUT2D eigenvalue weighted by atomic mass is 16.4. The van der Waals surface area contributed by atoms with Crippen LogP contribution >= 0.6 is 0 Å². The number of benzene rings is 1. The van der Waals surface area contributed by atoms with Crippen molar-refractivity contribution in [3.8, 4) is 0 Å². The van der Waals surface area contributed by atoms with Crippen LogP contribution in [0.4, 0.5) is 16.3 Å². The quantitative estimate of drug-likeness (QED) is 0.791. The van der Waals surface area contributed by atoms with E-state index >= 15 is 0 Å². The number of aliphatic carboxylic acids is 1. The molecule has 0 saturated carbocycles. The number of anilines is 2. The first-order valence-electron chi connectivity index (χ1n) is 8.63. The first-order chi connectivity index (χ1) is 13.0. The third-order valence-corrected chi connectivity index (χ3v) is 5.09. The minimum atomic E-state index is -1.19. The number of likely N-dealkylation sites (tertiary alicyclic amines) is 1. The molecular formula is C19H18N4O4. The van der Waals surface area contributed by atoms with Crippen molar-refractivity contribution in [2.45, 2.75) is 18.9 Å². The predicted molar refractivity (Wildman–Crippen MR) is 97.0 cm³/mol. The highest BCUT2D eigenvalue weighted by molar-refractivity contribution is 6.12. The number of amides is 3. The number of fused-ring (bicyclic) bond motifs is 1. The molecule has 2 atom stereocenters. The van der Waals surface area contributed by atoms with Crippen LogP contribution in [0.3, 0.4) is 0 Å². The minimum absolute atomic E-state index is 0.197. The van der Waals surface area contributed by atoms with Crippen LogP contribution in [0.25, 0.3) is 0 Å². The molecular weight excluding hydrogens is 348 g/mol. The molecule has 138 valence electrons. The Hall–Kier alpha value is -3.42. The first-order valence-corrected chi connectivity index (χ1v) is 8.63. The molecule has 1 aromatic carbocycles. The number of β-lactam (4-membered cyclic amide) rings is 1. The molecule has 2 aromatic rings.